The summed E-state index contributed by atoms with van der Waals surface area (Å²) in [6, 6.07) is 5.84. The third-order valence-electron chi connectivity index (χ3n) is 8.72. The molecule has 0 saturated carbocycles. The minimum absolute atomic E-state index is 0.0653. The molecule has 5 heterocycles. The molecule has 6 rings (SSSR count). The van der Waals surface area contributed by atoms with E-state index >= 15 is 8.78 Å². The normalized spacial score (nSPS) is 17.7. The number of pyridine rings is 2. The smallest absolute Gasteiger partial charge is 0.355 e. The Bertz CT molecular complexity index is 2120. The van der Waals surface area contributed by atoms with Crippen LogP contribution in [0.5, 0.6) is 0 Å². The highest BCUT2D eigenvalue weighted by Gasteiger charge is 2.31. The summed E-state index contributed by atoms with van der Waals surface area (Å²) in [6.07, 6.45) is 5.67. The lowest BCUT2D eigenvalue weighted by Gasteiger charge is -2.40. The van der Waals surface area contributed by atoms with Gasteiger partial charge in [0.2, 0.25) is 5.91 Å². The number of ether oxygens (including phenoxy) is 1. The summed E-state index contributed by atoms with van der Waals surface area (Å²) in [4.78, 5) is 45.5. The number of fused-ring (bicyclic) bond motifs is 1. The van der Waals surface area contributed by atoms with E-state index in [9.17, 15) is 18.0 Å². The van der Waals surface area contributed by atoms with Crippen molar-refractivity contribution in [3.63, 3.8) is 0 Å². The molecule has 1 aromatic carbocycles. The third-order valence-corrected chi connectivity index (χ3v) is 9.84. The van der Waals surface area contributed by atoms with E-state index in [1.165, 1.54) is 31.3 Å². The summed E-state index contributed by atoms with van der Waals surface area (Å²) < 4.78 is 63.2. The molecule has 2 N–H and O–H groups in total. The van der Waals surface area contributed by atoms with Crippen LogP contribution in [0.4, 0.5) is 20.3 Å². The fourth-order valence-electron chi connectivity index (χ4n) is 6.26. The van der Waals surface area contributed by atoms with Gasteiger partial charge in [-0.25, -0.2) is 31.5 Å². The van der Waals surface area contributed by atoms with Crippen molar-refractivity contribution in [2.75, 3.05) is 69.4 Å². The van der Waals surface area contributed by atoms with E-state index in [2.05, 4.69) is 19.9 Å². The average Bonchev–Trinajstić information content (AvgIpc) is 3.05. The van der Waals surface area contributed by atoms with Gasteiger partial charge < -0.3 is 20.3 Å². The van der Waals surface area contributed by atoms with Crippen molar-refractivity contribution >= 4 is 38.3 Å². The Kier molecular flexibility index (Phi) is 9.46. The minimum atomic E-state index is -3.91. The first-order valence-electron chi connectivity index (χ1n) is 15.7. The molecule has 49 heavy (non-hydrogen) atoms. The van der Waals surface area contributed by atoms with Gasteiger partial charge in [0.25, 0.3) is 0 Å². The number of nitrogens with zero attached hydrogens (tertiary/aromatic N) is 7. The molecule has 13 nitrogen and oxygen atoms in total. The Morgan fingerprint density at radius 3 is 2.55 bits per heavy atom. The number of carbonyl (C=O) groups excluding carboxylic acids is 1. The molecule has 0 unspecified atom stereocenters. The number of aromatic nitrogens is 4. The van der Waals surface area contributed by atoms with Crippen LogP contribution in [-0.4, -0.2) is 108 Å². The number of carbonyl (C=O) groups is 1. The summed E-state index contributed by atoms with van der Waals surface area (Å²) in [5, 5.41) is 0.0653. The fraction of sp³-hybridized carbons (Fsp3) is 0.364. The molecule has 258 valence electrons. The van der Waals surface area contributed by atoms with Crippen LogP contribution in [-0.2, 0) is 19.4 Å². The molecule has 16 heteroatoms. The Balaban J connectivity index is 1.45. The SMILES string of the molecule is Cc1nccc(S(C)(=O)=O)c1-n1c(=O)nc(N2CCN(C(=O)/C=C/CN3CCOCC3)C[C@@H]2C)c2cc(F)c(-c3c(N)cccc3F)nc21. The Labute approximate surface area is 281 Å². The molecular formula is C33H36F2N8O5S. The maximum Gasteiger partial charge on any atom is 0.355 e. The molecule has 4 aromatic rings. The molecule has 1 amide bonds. The number of piperazine rings is 1. The van der Waals surface area contributed by atoms with Gasteiger partial charge in [-0.2, -0.15) is 4.98 Å². The molecule has 2 aliphatic heterocycles. The number of morpholine rings is 1. The zero-order chi connectivity index (χ0) is 35.0. The molecule has 1 atom stereocenters. The highest BCUT2D eigenvalue weighted by Crippen LogP contribution is 2.35. The molecule has 3 aromatic heterocycles. The second kappa shape index (κ2) is 13.6. The number of hydrogen-bond donors (Lipinski definition) is 1. The standard InChI is InChI=1S/C33H36F2N8O5S/c1-20-19-41(27(44)8-5-11-40-14-16-48-17-15-40)12-13-42(20)31-22-18-24(35)29(28-23(34)6-4-7-25(28)36)38-32(22)43(33(45)39-31)30-21(2)37-10-9-26(30)49(3,46)47/h4-10,18,20H,11-17,19,36H2,1-3H3/b8-5+/t20-/m0/s1. The van der Waals surface area contributed by atoms with Gasteiger partial charge in [0, 0.05) is 69.5 Å². The molecule has 2 fully saturated rings. The van der Waals surface area contributed by atoms with Crippen LogP contribution in [0.2, 0.25) is 0 Å². The van der Waals surface area contributed by atoms with Crippen LogP contribution in [0, 0.1) is 18.6 Å². The van der Waals surface area contributed by atoms with E-state index in [-0.39, 0.29) is 76.0 Å². The van der Waals surface area contributed by atoms with Crippen molar-refractivity contribution in [2.45, 2.75) is 24.8 Å². The second-order valence-electron chi connectivity index (χ2n) is 12.1. The van der Waals surface area contributed by atoms with E-state index < -0.39 is 32.9 Å². The minimum Gasteiger partial charge on any atom is -0.398 e. The lowest BCUT2D eigenvalue weighted by molar-refractivity contribution is -0.126. The molecule has 0 radical (unpaired) electrons. The van der Waals surface area contributed by atoms with Gasteiger partial charge in [0.05, 0.1) is 40.4 Å². The zero-order valence-corrected chi connectivity index (χ0v) is 28.1. The predicted molar refractivity (Wildman–Crippen MR) is 180 cm³/mol. The van der Waals surface area contributed by atoms with Crippen molar-refractivity contribution < 1.29 is 26.7 Å². The van der Waals surface area contributed by atoms with Gasteiger partial charge in [-0.05, 0) is 38.1 Å². The lowest BCUT2D eigenvalue weighted by atomic mass is 10.1. The van der Waals surface area contributed by atoms with Crippen molar-refractivity contribution in [1.29, 1.82) is 0 Å². The second-order valence-corrected chi connectivity index (χ2v) is 14.1. The zero-order valence-electron chi connectivity index (χ0n) is 27.3. The number of amides is 1. The Morgan fingerprint density at radius 1 is 1.10 bits per heavy atom. The topological polar surface area (TPSA) is 157 Å². The number of nitrogens with two attached hydrogens (primary N) is 1. The monoisotopic (exact) mass is 694 g/mol. The van der Waals surface area contributed by atoms with Crippen LogP contribution in [0.15, 0.2) is 58.4 Å². The summed E-state index contributed by atoms with van der Waals surface area (Å²) in [5.41, 5.74) is 4.15. The first-order valence-corrected chi connectivity index (χ1v) is 17.6. The van der Waals surface area contributed by atoms with Gasteiger partial charge in [-0.15, -0.1) is 0 Å². The maximum atomic E-state index is 16.0. The van der Waals surface area contributed by atoms with Crippen molar-refractivity contribution in [3.05, 3.63) is 76.5 Å². The highest BCUT2D eigenvalue weighted by atomic mass is 32.2. The first kappa shape index (κ1) is 34.1. The Morgan fingerprint density at radius 2 is 1.86 bits per heavy atom. The van der Waals surface area contributed by atoms with Crippen molar-refractivity contribution in [1.82, 2.24) is 29.3 Å². The molecule has 2 aliphatic rings. The number of anilines is 2. The van der Waals surface area contributed by atoms with E-state index in [0.29, 0.717) is 19.8 Å². The van der Waals surface area contributed by atoms with Crippen molar-refractivity contribution in [3.8, 4) is 16.9 Å². The number of hydrogen-bond acceptors (Lipinski definition) is 11. The number of nitrogen functional groups attached to an aromatic ring is 1. The van der Waals surface area contributed by atoms with Gasteiger partial charge in [0.1, 0.15) is 17.3 Å². The number of halogens is 2. The predicted octanol–water partition coefficient (Wildman–Crippen LogP) is 2.34. The fourth-order valence-corrected chi connectivity index (χ4v) is 7.16. The summed E-state index contributed by atoms with van der Waals surface area (Å²) >= 11 is 0. The maximum absolute atomic E-state index is 16.0. The molecule has 0 spiro atoms. The third kappa shape index (κ3) is 6.75. The molecule has 0 aliphatic carbocycles. The largest absolute Gasteiger partial charge is 0.398 e. The summed E-state index contributed by atoms with van der Waals surface area (Å²) in [5.74, 6) is -1.85. The van der Waals surface area contributed by atoms with E-state index in [0.717, 1.165) is 36.0 Å². The molecular weight excluding hydrogens is 658 g/mol. The van der Waals surface area contributed by atoms with Crippen molar-refractivity contribution in [2.24, 2.45) is 0 Å². The Hall–Kier alpha value is -4.80. The van der Waals surface area contributed by atoms with Crippen LogP contribution >= 0.6 is 0 Å². The number of sulfone groups is 1. The molecule has 0 bridgehead atoms. The van der Waals surface area contributed by atoms with Crippen LogP contribution < -0.4 is 16.3 Å². The summed E-state index contributed by atoms with van der Waals surface area (Å²) in [6.45, 7) is 7.74. The first-order chi connectivity index (χ1) is 23.3. The molecule has 2 saturated heterocycles. The van der Waals surface area contributed by atoms with E-state index in [1.54, 1.807) is 15.9 Å². The summed E-state index contributed by atoms with van der Waals surface area (Å²) in [7, 11) is -3.91. The number of benzene rings is 1. The van der Waals surface area contributed by atoms with Gasteiger partial charge in [0.15, 0.2) is 21.3 Å². The lowest BCUT2D eigenvalue weighted by Crippen LogP contribution is -2.54. The van der Waals surface area contributed by atoms with Gasteiger partial charge in [-0.1, -0.05) is 12.1 Å². The van der Waals surface area contributed by atoms with Crippen LogP contribution in [0.25, 0.3) is 28.0 Å². The average molecular weight is 695 g/mol. The number of aryl methyl sites for hydroxylation is 1. The van der Waals surface area contributed by atoms with Crippen LogP contribution in [0.1, 0.15) is 12.6 Å². The van der Waals surface area contributed by atoms with E-state index in [4.69, 9.17) is 10.5 Å². The van der Waals surface area contributed by atoms with Gasteiger partial charge >= 0.3 is 5.69 Å². The van der Waals surface area contributed by atoms with Gasteiger partial charge in [-0.3, -0.25) is 14.7 Å². The van der Waals surface area contributed by atoms with E-state index in [1.807, 2.05) is 13.0 Å². The number of rotatable bonds is 7. The highest BCUT2D eigenvalue weighted by molar-refractivity contribution is 7.90. The quantitative estimate of drug-likeness (QED) is 0.224. The van der Waals surface area contributed by atoms with Crippen LogP contribution in [0.3, 0.4) is 0 Å².